The highest BCUT2D eigenvalue weighted by Gasteiger charge is 2.14. The molecular formula is C20H12Cl2N4S. The highest BCUT2D eigenvalue weighted by Crippen LogP contribution is 2.37. The van der Waals surface area contributed by atoms with Crippen molar-refractivity contribution in [2.45, 2.75) is 9.79 Å². The lowest BCUT2D eigenvalue weighted by Crippen LogP contribution is -1.84. The molecule has 3 heterocycles. The molecular weight excluding hydrogens is 399 g/mol. The number of aromatic amines is 2. The van der Waals surface area contributed by atoms with Gasteiger partial charge in [-0.1, -0.05) is 35.0 Å². The van der Waals surface area contributed by atoms with Crippen LogP contribution in [0.5, 0.6) is 0 Å². The summed E-state index contributed by atoms with van der Waals surface area (Å²) in [6.07, 6.45) is 3.65. The van der Waals surface area contributed by atoms with E-state index in [9.17, 15) is 0 Å². The van der Waals surface area contributed by atoms with Gasteiger partial charge in [-0.15, -0.1) is 0 Å². The zero-order valence-corrected chi connectivity index (χ0v) is 16.2. The number of aromatic nitrogens is 4. The molecule has 2 aromatic carbocycles. The Morgan fingerprint density at radius 2 is 1.78 bits per heavy atom. The summed E-state index contributed by atoms with van der Waals surface area (Å²) >= 11 is 13.9. The van der Waals surface area contributed by atoms with Crippen LogP contribution in [0.3, 0.4) is 0 Å². The van der Waals surface area contributed by atoms with E-state index in [2.05, 4.69) is 15.0 Å². The molecule has 0 bridgehead atoms. The molecule has 0 aliphatic rings. The van der Waals surface area contributed by atoms with E-state index in [4.69, 9.17) is 28.2 Å². The predicted molar refractivity (Wildman–Crippen MR) is 112 cm³/mol. The first kappa shape index (κ1) is 16.7. The Labute approximate surface area is 168 Å². The van der Waals surface area contributed by atoms with Gasteiger partial charge in [0.2, 0.25) is 0 Å². The summed E-state index contributed by atoms with van der Waals surface area (Å²) in [6.45, 7) is 0. The third-order valence-corrected chi connectivity index (χ3v) is 5.78. The van der Waals surface area contributed by atoms with Gasteiger partial charge in [0.25, 0.3) is 0 Å². The van der Waals surface area contributed by atoms with Gasteiger partial charge in [-0.2, -0.15) is 0 Å². The number of benzene rings is 2. The maximum Gasteiger partial charge on any atom is 0.139 e. The molecule has 0 aliphatic carbocycles. The number of nitrogens with one attached hydrogen (secondary N) is 2. The SMILES string of the molecule is Clc1ccc(Sc2cc(Cl)cc3[nH]c(-c4ccnc5[nH]ccc45)nc23)cc1. The number of fused-ring (bicyclic) bond motifs is 2. The Balaban J connectivity index is 1.65. The van der Waals surface area contributed by atoms with Crippen LogP contribution in [-0.2, 0) is 0 Å². The van der Waals surface area contributed by atoms with Gasteiger partial charge >= 0.3 is 0 Å². The third kappa shape index (κ3) is 3.08. The molecule has 132 valence electrons. The van der Waals surface area contributed by atoms with E-state index < -0.39 is 0 Å². The van der Waals surface area contributed by atoms with Crippen molar-refractivity contribution in [1.82, 2.24) is 19.9 Å². The Hall–Kier alpha value is -2.47. The van der Waals surface area contributed by atoms with Crippen LogP contribution >= 0.6 is 35.0 Å². The quantitative estimate of drug-likeness (QED) is 0.353. The molecule has 3 aromatic heterocycles. The van der Waals surface area contributed by atoms with Crippen LogP contribution in [0.15, 0.2) is 70.7 Å². The minimum absolute atomic E-state index is 0.663. The van der Waals surface area contributed by atoms with E-state index in [0.29, 0.717) is 10.0 Å². The summed E-state index contributed by atoms with van der Waals surface area (Å²) in [6, 6.07) is 15.5. The maximum absolute atomic E-state index is 6.35. The van der Waals surface area contributed by atoms with E-state index in [-0.39, 0.29) is 0 Å². The van der Waals surface area contributed by atoms with Crippen molar-refractivity contribution in [2.75, 3.05) is 0 Å². The highest BCUT2D eigenvalue weighted by atomic mass is 35.5. The fourth-order valence-electron chi connectivity index (χ4n) is 3.05. The van der Waals surface area contributed by atoms with E-state index in [0.717, 1.165) is 43.2 Å². The summed E-state index contributed by atoms with van der Waals surface area (Å²) < 4.78 is 0. The molecule has 0 atom stereocenters. The van der Waals surface area contributed by atoms with Crippen LogP contribution in [0.25, 0.3) is 33.5 Å². The molecule has 0 amide bonds. The van der Waals surface area contributed by atoms with Crippen LogP contribution in [0, 0.1) is 0 Å². The van der Waals surface area contributed by atoms with Crippen molar-refractivity contribution >= 4 is 57.0 Å². The average Bonchev–Trinajstić information content (AvgIpc) is 3.30. The van der Waals surface area contributed by atoms with Crippen molar-refractivity contribution in [3.63, 3.8) is 0 Å². The lowest BCUT2D eigenvalue weighted by Gasteiger charge is -2.03. The molecule has 5 aromatic rings. The monoisotopic (exact) mass is 410 g/mol. The second-order valence-corrected chi connectivity index (χ2v) is 8.03. The van der Waals surface area contributed by atoms with Gasteiger partial charge in [-0.3, -0.25) is 0 Å². The van der Waals surface area contributed by atoms with Gasteiger partial charge < -0.3 is 9.97 Å². The van der Waals surface area contributed by atoms with Gasteiger partial charge in [0, 0.05) is 43.2 Å². The Morgan fingerprint density at radius 3 is 2.63 bits per heavy atom. The van der Waals surface area contributed by atoms with Gasteiger partial charge in [0.15, 0.2) is 0 Å². The standard InChI is InChI=1S/C20H12Cl2N4S/c21-11-1-3-13(4-2-11)27-17-10-12(22)9-16-18(17)26-20(25-16)15-6-8-24-19-14(15)5-7-23-19/h1-10H,(H,23,24)(H,25,26). The maximum atomic E-state index is 6.35. The zero-order valence-electron chi connectivity index (χ0n) is 13.8. The molecule has 0 saturated carbocycles. The second-order valence-electron chi connectivity index (χ2n) is 6.04. The Kier molecular flexibility index (Phi) is 4.08. The van der Waals surface area contributed by atoms with Crippen molar-refractivity contribution in [1.29, 1.82) is 0 Å². The summed E-state index contributed by atoms with van der Waals surface area (Å²) in [7, 11) is 0. The summed E-state index contributed by atoms with van der Waals surface area (Å²) in [5.74, 6) is 0.789. The molecule has 0 saturated heterocycles. The first-order valence-corrected chi connectivity index (χ1v) is 9.80. The molecule has 4 nitrogen and oxygen atoms in total. The Morgan fingerprint density at radius 1 is 0.926 bits per heavy atom. The van der Waals surface area contributed by atoms with Crippen LogP contribution in [0.1, 0.15) is 0 Å². The van der Waals surface area contributed by atoms with E-state index >= 15 is 0 Å². The van der Waals surface area contributed by atoms with Crippen molar-refractivity contribution in [2.24, 2.45) is 0 Å². The number of rotatable bonds is 3. The zero-order chi connectivity index (χ0) is 18.4. The lowest BCUT2D eigenvalue weighted by molar-refractivity contribution is 1.30. The van der Waals surface area contributed by atoms with E-state index in [1.54, 1.807) is 18.0 Å². The van der Waals surface area contributed by atoms with E-state index in [1.165, 1.54) is 0 Å². The number of pyridine rings is 1. The number of hydrogen-bond donors (Lipinski definition) is 2. The number of imidazole rings is 1. The molecule has 2 N–H and O–H groups in total. The molecule has 0 fully saturated rings. The first-order valence-electron chi connectivity index (χ1n) is 8.22. The molecule has 7 heteroatoms. The van der Waals surface area contributed by atoms with Crippen LogP contribution in [0.2, 0.25) is 10.0 Å². The van der Waals surface area contributed by atoms with Crippen molar-refractivity contribution in [3.05, 3.63) is 71.0 Å². The third-order valence-electron chi connectivity index (χ3n) is 4.27. The molecule has 0 radical (unpaired) electrons. The minimum Gasteiger partial charge on any atom is -0.346 e. The first-order chi connectivity index (χ1) is 13.2. The lowest BCUT2D eigenvalue weighted by atomic mass is 10.2. The van der Waals surface area contributed by atoms with E-state index in [1.807, 2.05) is 54.7 Å². The largest absolute Gasteiger partial charge is 0.346 e. The highest BCUT2D eigenvalue weighted by molar-refractivity contribution is 7.99. The smallest absolute Gasteiger partial charge is 0.139 e. The van der Waals surface area contributed by atoms with Gasteiger partial charge in [0.1, 0.15) is 17.0 Å². The van der Waals surface area contributed by atoms with Crippen molar-refractivity contribution < 1.29 is 0 Å². The average molecular weight is 411 g/mol. The normalized spacial score (nSPS) is 11.5. The minimum atomic E-state index is 0.663. The number of nitrogens with zero attached hydrogens (tertiary/aromatic N) is 2. The number of hydrogen-bond acceptors (Lipinski definition) is 3. The predicted octanol–water partition coefficient (Wildman–Crippen LogP) is 6.56. The second kappa shape index (κ2) is 6.60. The van der Waals surface area contributed by atoms with Crippen LogP contribution in [0.4, 0.5) is 0 Å². The Bertz CT molecular complexity index is 1270. The summed E-state index contributed by atoms with van der Waals surface area (Å²) in [4.78, 5) is 17.8. The van der Waals surface area contributed by atoms with Crippen LogP contribution in [-0.4, -0.2) is 19.9 Å². The van der Waals surface area contributed by atoms with Crippen LogP contribution < -0.4 is 0 Å². The molecule has 5 rings (SSSR count). The molecule has 0 unspecified atom stereocenters. The van der Waals surface area contributed by atoms with Gasteiger partial charge in [0.05, 0.1) is 5.52 Å². The molecule has 27 heavy (non-hydrogen) atoms. The number of H-pyrrole nitrogens is 2. The van der Waals surface area contributed by atoms with Crippen molar-refractivity contribution in [3.8, 4) is 11.4 Å². The topological polar surface area (TPSA) is 57.4 Å². The van der Waals surface area contributed by atoms with Gasteiger partial charge in [-0.25, -0.2) is 9.97 Å². The van der Waals surface area contributed by atoms with Gasteiger partial charge in [-0.05, 0) is 48.5 Å². The number of halogens is 2. The molecule has 0 aliphatic heterocycles. The fraction of sp³-hybridized carbons (Fsp3) is 0. The molecule has 0 spiro atoms. The fourth-order valence-corrected chi connectivity index (χ4v) is 4.43. The summed E-state index contributed by atoms with van der Waals surface area (Å²) in [5, 5.41) is 2.40. The summed E-state index contributed by atoms with van der Waals surface area (Å²) in [5.41, 5.74) is 3.61.